The molecule has 14 heavy (non-hydrogen) atoms. The van der Waals surface area contributed by atoms with Gasteiger partial charge in [-0.3, -0.25) is 4.79 Å². The smallest absolute Gasteiger partial charge is 0.252 e. The summed E-state index contributed by atoms with van der Waals surface area (Å²) in [6.45, 7) is 1.59. The van der Waals surface area contributed by atoms with E-state index in [1.165, 1.54) is 12.8 Å². The number of rotatable bonds is 5. The molecule has 0 saturated heterocycles. The fourth-order valence-corrected chi connectivity index (χ4v) is 1.87. The molecule has 4 heteroatoms. The molecular weight excluding hydrogens is 196 g/mol. The fraction of sp³-hybridized carbons (Fsp3) is 0.500. The van der Waals surface area contributed by atoms with Crippen molar-refractivity contribution in [2.24, 2.45) is 0 Å². The van der Waals surface area contributed by atoms with Crippen LogP contribution in [0.2, 0.25) is 0 Å². The van der Waals surface area contributed by atoms with Gasteiger partial charge in [-0.1, -0.05) is 0 Å². The minimum atomic E-state index is 0.0313. The van der Waals surface area contributed by atoms with E-state index < -0.39 is 0 Å². The maximum absolute atomic E-state index is 11.4. The van der Waals surface area contributed by atoms with Crippen LogP contribution in [0.25, 0.3) is 0 Å². The number of hydrogen-bond donors (Lipinski definition) is 2. The van der Waals surface area contributed by atoms with Crippen molar-refractivity contribution in [1.82, 2.24) is 10.6 Å². The predicted octanol–water partition coefficient (Wildman–Crippen LogP) is 1.23. The van der Waals surface area contributed by atoms with E-state index in [-0.39, 0.29) is 5.91 Å². The Morgan fingerprint density at radius 2 is 2.36 bits per heavy atom. The molecular formula is C10H14N2OS. The second-order valence-electron chi connectivity index (χ2n) is 3.50. The van der Waals surface area contributed by atoms with Gasteiger partial charge in [-0.25, -0.2) is 0 Å². The third-order valence-electron chi connectivity index (χ3n) is 2.20. The number of thiophene rings is 1. The zero-order valence-electron chi connectivity index (χ0n) is 7.95. The van der Waals surface area contributed by atoms with Crippen molar-refractivity contribution in [3.63, 3.8) is 0 Å². The first-order valence-electron chi connectivity index (χ1n) is 4.90. The average molecular weight is 210 g/mol. The molecule has 1 heterocycles. The lowest BCUT2D eigenvalue weighted by molar-refractivity contribution is 0.0954. The quantitative estimate of drug-likeness (QED) is 0.718. The number of nitrogens with one attached hydrogen (secondary N) is 2. The summed E-state index contributed by atoms with van der Waals surface area (Å²) in [5, 5.41) is 10.00. The van der Waals surface area contributed by atoms with Gasteiger partial charge in [-0.15, -0.1) is 0 Å². The molecule has 0 atom stereocenters. The summed E-state index contributed by atoms with van der Waals surface area (Å²) in [6, 6.07) is 2.56. The third kappa shape index (κ3) is 2.82. The van der Waals surface area contributed by atoms with Crippen LogP contribution in [0.15, 0.2) is 16.8 Å². The molecule has 0 radical (unpaired) electrons. The SMILES string of the molecule is O=C(NCCNC1CC1)c1ccsc1. The summed E-state index contributed by atoms with van der Waals surface area (Å²) in [5.74, 6) is 0.0313. The molecule has 1 aromatic heterocycles. The van der Waals surface area contributed by atoms with Crippen molar-refractivity contribution in [2.75, 3.05) is 13.1 Å². The van der Waals surface area contributed by atoms with E-state index in [0.29, 0.717) is 12.6 Å². The third-order valence-corrected chi connectivity index (χ3v) is 2.89. The van der Waals surface area contributed by atoms with Crippen LogP contribution in [0, 0.1) is 0 Å². The average Bonchev–Trinajstić information content (AvgIpc) is 2.84. The normalized spacial score (nSPS) is 15.4. The zero-order chi connectivity index (χ0) is 9.80. The highest BCUT2D eigenvalue weighted by atomic mass is 32.1. The van der Waals surface area contributed by atoms with Crippen LogP contribution in [0.4, 0.5) is 0 Å². The van der Waals surface area contributed by atoms with Crippen LogP contribution in [0.3, 0.4) is 0 Å². The molecule has 1 aliphatic carbocycles. The molecule has 1 aliphatic rings. The Morgan fingerprint density at radius 1 is 1.50 bits per heavy atom. The van der Waals surface area contributed by atoms with Gasteiger partial charge in [0, 0.05) is 30.1 Å². The second-order valence-corrected chi connectivity index (χ2v) is 4.28. The molecule has 0 spiro atoms. The minimum absolute atomic E-state index is 0.0313. The Kier molecular flexibility index (Phi) is 3.16. The Bertz CT molecular complexity index is 293. The number of hydrogen-bond acceptors (Lipinski definition) is 3. The number of carbonyl (C=O) groups is 1. The molecule has 2 rings (SSSR count). The summed E-state index contributed by atoms with van der Waals surface area (Å²) >= 11 is 1.55. The molecule has 76 valence electrons. The maximum atomic E-state index is 11.4. The Labute approximate surface area is 87.5 Å². The monoisotopic (exact) mass is 210 g/mol. The molecule has 0 bridgehead atoms. The summed E-state index contributed by atoms with van der Waals surface area (Å²) in [4.78, 5) is 11.4. The predicted molar refractivity (Wildman–Crippen MR) is 57.7 cm³/mol. The largest absolute Gasteiger partial charge is 0.351 e. The molecule has 1 fully saturated rings. The molecule has 3 nitrogen and oxygen atoms in total. The van der Waals surface area contributed by atoms with Gasteiger partial charge in [-0.2, -0.15) is 11.3 Å². The van der Waals surface area contributed by atoms with Gasteiger partial charge >= 0.3 is 0 Å². The van der Waals surface area contributed by atoms with Gasteiger partial charge < -0.3 is 10.6 Å². The molecule has 0 aliphatic heterocycles. The highest BCUT2D eigenvalue weighted by molar-refractivity contribution is 7.08. The van der Waals surface area contributed by atoms with Gasteiger partial charge in [0.05, 0.1) is 0 Å². The Hall–Kier alpha value is -0.870. The van der Waals surface area contributed by atoms with E-state index in [0.717, 1.165) is 12.1 Å². The standard InChI is InChI=1S/C10H14N2OS/c13-10(8-3-6-14-7-8)12-5-4-11-9-1-2-9/h3,6-7,9,11H,1-2,4-5H2,(H,12,13). The maximum Gasteiger partial charge on any atom is 0.252 e. The van der Waals surface area contributed by atoms with Crippen molar-refractivity contribution < 1.29 is 4.79 Å². The van der Waals surface area contributed by atoms with Gasteiger partial charge in [-0.05, 0) is 24.3 Å². The van der Waals surface area contributed by atoms with E-state index in [9.17, 15) is 4.79 Å². The van der Waals surface area contributed by atoms with E-state index in [4.69, 9.17) is 0 Å². The van der Waals surface area contributed by atoms with E-state index in [2.05, 4.69) is 10.6 Å². The Morgan fingerprint density at radius 3 is 3.00 bits per heavy atom. The minimum Gasteiger partial charge on any atom is -0.351 e. The van der Waals surface area contributed by atoms with Gasteiger partial charge in [0.25, 0.3) is 5.91 Å². The van der Waals surface area contributed by atoms with Crippen LogP contribution in [-0.2, 0) is 0 Å². The van der Waals surface area contributed by atoms with Crippen LogP contribution < -0.4 is 10.6 Å². The molecule has 1 saturated carbocycles. The van der Waals surface area contributed by atoms with Crippen LogP contribution >= 0.6 is 11.3 Å². The molecule has 0 unspecified atom stereocenters. The highest BCUT2D eigenvalue weighted by Crippen LogP contribution is 2.17. The van der Waals surface area contributed by atoms with Crippen LogP contribution in [-0.4, -0.2) is 25.0 Å². The molecule has 2 N–H and O–H groups in total. The first kappa shape index (κ1) is 9.68. The van der Waals surface area contributed by atoms with Crippen LogP contribution in [0.1, 0.15) is 23.2 Å². The lowest BCUT2D eigenvalue weighted by atomic mass is 10.3. The molecule has 0 aromatic carbocycles. The van der Waals surface area contributed by atoms with E-state index >= 15 is 0 Å². The van der Waals surface area contributed by atoms with Gasteiger partial charge in [0.15, 0.2) is 0 Å². The Balaban J connectivity index is 1.62. The fourth-order valence-electron chi connectivity index (χ4n) is 1.24. The lowest BCUT2D eigenvalue weighted by Crippen LogP contribution is -2.32. The zero-order valence-corrected chi connectivity index (χ0v) is 8.77. The van der Waals surface area contributed by atoms with Crippen LogP contribution in [0.5, 0.6) is 0 Å². The van der Waals surface area contributed by atoms with Crippen molar-refractivity contribution in [3.05, 3.63) is 22.4 Å². The lowest BCUT2D eigenvalue weighted by Gasteiger charge is -2.04. The first-order chi connectivity index (χ1) is 6.86. The summed E-state index contributed by atoms with van der Waals surface area (Å²) in [5.41, 5.74) is 0.765. The van der Waals surface area contributed by atoms with E-state index in [1.807, 2.05) is 16.8 Å². The van der Waals surface area contributed by atoms with Gasteiger partial charge in [0.1, 0.15) is 0 Å². The number of amides is 1. The van der Waals surface area contributed by atoms with Gasteiger partial charge in [0.2, 0.25) is 0 Å². The van der Waals surface area contributed by atoms with Crippen molar-refractivity contribution in [1.29, 1.82) is 0 Å². The second kappa shape index (κ2) is 4.57. The highest BCUT2D eigenvalue weighted by Gasteiger charge is 2.19. The molecule has 1 amide bonds. The topological polar surface area (TPSA) is 41.1 Å². The van der Waals surface area contributed by atoms with Crippen molar-refractivity contribution >= 4 is 17.2 Å². The summed E-state index contributed by atoms with van der Waals surface area (Å²) < 4.78 is 0. The summed E-state index contributed by atoms with van der Waals surface area (Å²) in [6.07, 6.45) is 2.58. The summed E-state index contributed by atoms with van der Waals surface area (Å²) in [7, 11) is 0. The van der Waals surface area contributed by atoms with Crippen molar-refractivity contribution in [2.45, 2.75) is 18.9 Å². The van der Waals surface area contributed by atoms with Crippen molar-refractivity contribution in [3.8, 4) is 0 Å². The van der Waals surface area contributed by atoms with E-state index in [1.54, 1.807) is 11.3 Å². The number of carbonyl (C=O) groups excluding carboxylic acids is 1. The molecule has 1 aromatic rings. The first-order valence-corrected chi connectivity index (χ1v) is 5.84.